The zero-order valence-corrected chi connectivity index (χ0v) is 12.3. The molecule has 0 heterocycles. The third kappa shape index (κ3) is 4.02. The molecule has 0 aliphatic heterocycles. The van der Waals surface area contributed by atoms with Gasteiger partial charge in [0.05, 0.1) is 6.61 Å². The lowest BCUT2D eigenvalue weighted by molar-refractivity contribution is -0.174. The Morgan fingerprint density at radius 2 is 2.16 bits per heavy atom. The molecule has 0 aromatic heterocycles. The molecular weight excluding hydrogens is 347 g/mol. The first-order chi connectivity index (χ1) is 8.30. The number of hydrogen-bond acceptors (Lipinski definition) is 4. The van der Waals surface area contributed by atoms with Crippen molar-refractivity contribution in [3.8, 4) is 5.75 Å². The minimum atomic E-state index is -3.90. The van der Waals surface area contributed by atoms with Crippen LogP contribution < -0.4 is 5.73 Å². The SMILES string of the molecule is CCOC(=O)C(F)(F)[C@@H](N)c1ccc(Br)cc1O.Cl. The van der Waals surface area contributed by atoms with E-state index in [1.165, 1.54) is 25.1 Å². The summed E-state index contributed by atoms with van der Waals surface area (Å²) in [7, 11) is 0. The number of rotatable bonds is 4. The van der Waals surface area contributed by atoms with E-state index in [4.69, 9.17) is 5.73 Å². The summed E-state index contributed by atoms with van der Waals surface area (Å²) in [5.74, 6) is -6.03. The van der Waals surface area contributed by atoms with E-state index in [1.807, 2.05) is 0 Å². The van der Waals surface area contributed by atoms with Crippen molar-refractivity contribution >= 4 is 34.3 Å². The molecule has 0 radical (unpaired) electrons. The molecular formula is C11H13BrClF2NO3. The highest BCUT2D eigenvalue weighted by Gasteiger charge is 2.48. The number of benzene rings is 1. The first kappa shape index (κ1) is 18.1. The van der Waals surface area contributed by atoms with Gasteiger partial charge in [0.2, 0.25) is 0 Å². The number of phenols is 1. The van der Waals surface area contributed by atoms with Gasteiger partial charge >= 0.3 is 11.9 Å². The van der Waals surface area contributed by atoms with Crippen LogP contribution in [0, 0.1) is 0 Å². The van der Waals surface area contributed by atoms with Crippen molar-refractivity contribution in [2.75, 3.05) is 6.61 Å². The summed E-state index contributed by atoms with van der Waals surface area (Å²) in [5.41, 5.74) is 5.10. The van der Waals surface area contributed by atoms with Crippen molar-refractivity contribution in [2.45, 2.75) is 18.9 Å². The van der Waals surface area contributed by atoms with E-state index in [0.717, 1.165) is 0 Å². The van der Waals surface area contributed by atoms with E-state index >= 15 is 0 Å². The molecule has 8 heteroatoms. The molecule has 0 bridgehead atoms. The van der Waals surface area contributed by atoms with Gasteiger partial charge in [-0.2, -0.15) is 8.78 Å². The predicted octanol–water partition coefficient (Wildman–Crippen LogP) is 2.77. The van der Waals surface area contributed by atoms with Gasteiger partial charge in [0, 0.05) is 10.0 Å². The van der Waals surface area contributed by atoms with Gasteiger partial charge < -0.3 is 15.6 Å². The van der Waals surface area contributed by atoms with Gasteiger partial charge in [-0.3, -0.25) is 0 Å². The highest BCUT2D eigenvalue weighted by molar-refractivity contribution is 9.10. The normalized spacial score (nSPS) is 12.5. The molecule has 0 saturated carbocycles. The Balaban J connectivity index is 0.00000324. The number of esters is 1. The fraction of sp³-hybridized carbons (Fsp3) is 0.364. The summed E-state index contributed by atoms with van der Waals surface area (Å²) >= 11 is 3.07. The van der Waals surface area contributed by atoms with Crippen LogP contribution in [0.25, 0.3) is 0 Å². The van der Waals surface area contributed by atoms with Gasteiger partial charge in [0.15, 0.2) is 0 Å². The highest BCUT2D eigenvalue weighted by atomic mass is 79.9. The molecule has 0 fully saturated rings. The monoisotopic (exact) mass is 359 g/mol. The molecule has 19 heavy (non-hydrogen) atoms. The summed E-state index contributed by atoms with van der Waals surface area (Å²) < 4.78 is 32.0. The average molecular weight is 361 g/mol. The quantitative estimate of drug-likeness (QED) is 0.810. The number of alkyl halides is 2. The molecule has 0 aliphatic rings. The lowest BCUT2D eigenvalue weighted by Crippen LogP contribution is -2.41. The number of hydrogen-bond donors (Lipinski definition) is 2. The van der Waals surface area contributed by atoms with Crippen molar-refractivity contribution in [1.29, 1.82) is 0 Å². The molecule has 0 saturated heterocycles. The standard InChI is InChI=1S/C11H12BrF2NO3.ClH/c1-2-18-10(17)11(13,14)9(15)7-4-3-6(12)5-8(7)16;/h3-5,9,16H,2,15H2,1H3;1H/t9-;/m0./s1. The van der Waals surface area contributed by atoms with Gasteiger partial charge in [-0.1, -0.05) is 22.0 Å². The average Bonchev–Trinajstić information content (AvgIpc) is 2.28. The van der Waals surface area contributed by atoms with E-state index < -0.39 is 23.7 Å². The summed E-state index contributed by atoms with van der Waals surface area (Å²) in [6, 6.07) is 1.91. The third-order valence-corrected chi connectivity index (χ3v) is 2.76. The predicted molar refractivity (Wildman–Crippen MR) is 71.6 cm³/mol. The van der Waals surface area contributed by atoms with Gasteiger partial charge in [0.25, 0.3) is 0 Å². The number of carbonyl (C=O) groups excluding carboxylic acids is 1. The first-order valence-electron chi connectivity index (χ1n) is 5.09. The van der Waals surface area contributed by atoms with Gasteiger partial charge in [-0.25, -0.2) is 4.79 Å². The maximum atomic E-state index is 13.6. The van der Waals surface area contributed by atoms with Gasteiger partial charge in [-0.05, 0) is 19.1 Å². The first-order valence-corrected chi connectivity index (χ1v) is 5.89. The number of carbonyl (C=O) groups is 1. The molecule has 108 valence electrons. The maximum absolute atomic E-state index is 13.6. The Hall–Kier alpha value is -0.920. The zero-order chi connectivity index (χ0) is 13.9. The number of phenolic OH excluding ortho intramolecular Hbond substituents is 1. The molecule has 1 aromatic carbocycles. The Morgan fingerprint density at radius 3 is 2.63 bits per heavy atom. The van der Waals surface area contributed by atoms with Crippen LogP contribution in [0.4, 0.5) is 8.78 Å². The Morgan fingerprint density at radius 1 is 1.58 bits per heavy atom. The van der Waals surface area contributed by atoms with Crippen molar-refractivity contribution in [1.82, 2.24) is 0 Å². The molecule has 0 aliphatic carbocycles. The van der Waals surface area contributed by atoms with Crippen LogP contribution in [0.15, 0.2) is 22.7 Å². The highest BCUT2D eigenvalue weighted by Crippen LogP contribution is 2.36. The van der Waals surface area contributed by atoms with E-state index in [0.29, 0.717) is 4.47 Å². The summed E-state index contributed by atoms with van der Waals surface area (Å²) in [6.07, 6.45) is 0. The molecule has 1 rings (SSSR count). The van der Waals surface area contributed by atoms with E-state index in [2.05, 4.69) is 20.7 Å². The van der Waals surface area contributed by atoms with Crippen LogP contribution >= 0.6 is 28.3 Å². The third-order valence-electron chi connectivity index (χ3n) is 2.27. The molecule has 0 amide bonds. The Labute approximate surface area is 123 Å². The number of nitrogens with two attached hydrogens (primary N) is 1. The molecule has 3 N–H and O–H groups in total. The molecule has 1 atom stereocenters. The van der Waals surface area contributed by atoms with Crippen LogP contribution in [0.5, 0.6) is 5.75 Å². The lowest BCUT2D eigenvalue weighted by Gasteiger charge is -2.22. The molecule has 4 nitrogen and oxygen atoms in total. The minimum absolute atomic E-state index is 0. The van der Waals surface area contributed by atoms with Crippen molar-refractivity contribution in [3.63, 3.8) is 0 Å². The van der Waals surface area contributed by atoms with Crippen molar-refractivity contribution in [2.24, 2.45) is 5.73 Å². The van der Waals surface area contributed by atoms with E-state index in [1.54, 1.807) is 0 Å². The van der Waals surface area contributed by atoms with Crippen LogP contribution in [-0.2, 0) is 9.53 Å². The fourth-order valence-electron chi connectivity index (χ4n) is 1.33. The zero-order valence-electron chi connectivity index (χ0n) is 9.90. The van der Waals surface area contributed by atoms with Crippen molar-refractivity contribution in [3.05, 3.63) is 28.2 Å². The number of aromatic hydroxyl groups is 1. The molecule has 0 spiro atoms. The van der Waals surface area contributed by atoms with Crippen LogP contribution in [-0.4, -0.2) is 23.6 Å². The summed E-state index contributed by atoms with van der Waals surface area (Å²) in [5, 5.41) is 9.54. The summed E-state index contributed by atoms with van der Waals surface area (Å²) in [6.45, 7) is 1.24. The van der Waals surface area contributed by atoms with Crippen LogP contribution in [0.3, 0.4) is 0 Å². The number of ether oxygens (including phenoxy) is 1. The molecule has 1 aromatic rings. The van der Waals surface area contributed by atoms with Crippen LogP contribution in [0.2, 0.25) is 0 Å². The van der Waals surface area contributed by atoms with E-state index in [9.17, 15) is 18.7 Å². The van der Waals surface area contributed by atoms with Gasteiger partial charge in [0.1, 0.15) is 11.8 Å². The van der Waals surface area contributed by atoms with Gasteiger partial charge in [-0.15, -0.1) is 12.4 Å². The van der Waals surface area contributed by atoms with Crippen molar-refractivity contribution < 1.29 is 23.4 Å². The van der Waals surface area contributed by atoms with Crippen LogP contribution in [0.1, 0.15) is 18.5 Å². The Kier molecular flexibility index (Phi) is 6.68. The smallest absolute Gasteiger partial charge is 0.379 e. The summed E-state index contributed by atoms with van der Waals surface area (Å²) in [4.78, 5) is 11.1. The topological polar surface area (TPSA) is 72.5 Å². The lowest BCUT2D eigenvalue weighted by atomic mass is 10.0. The Bertz CT molecular complexity index is 460. The second kappa shape index (κ2) is 7.02. The van der Waals surface area contributed by atoms with E-state index in [-0.39, 0.29) is 24.6 Å². The number of halogens is 4. The largest absolute Gasteiger partial charge is 0.508 e. The minimum Gasteiger partial charge on any atom is -0.508 e. The maximum Gasteiger partial charge on any atom is 0.379 e. The second-order valence-corrected chi connectivity index (χ2v) is 4.44. The molecule has 0 unspecified atom stereocenters. The fourth-order valence-corrected chi connectivity index (χ4v) is 1.68. The second-order valence-electron chi connectivity index (χ2n) is 3.52.